The van der Waals surface area contributed by atoms with Crippen molar-refractivity contribution < 1.29 is 61.1 Å². The second-order valence-corrected chi connectivity index (χ2v) is 28.3. The number of nitrogen functional groups attached to an aromatic ring is 6. The van der Waals surface area contributed by atoms with E-state index in [1.165, 1.54) is 0 Å². The van der Waals surface area contributed by atoms with Gasteiger partial charge in [-0.3, -0.25) is 23.3 Å². The zero-order valence-corrected chi connectivity index (χ0v) is 60.2. The van der Waals surface area contributed by atoms with Gasteiger partial charge in [-0.2, -0.15) is 29.9 Å². The van der Waals surface area contributed by atoms with Crippen LogP contribution in [0.5, 0.6) is 0 Å². The van der Waals surface area contributed by atoms with Crippen LogP contribution in [0.3, 0.4) is 0 Å². The van der Waals surface area contributed by atoms with Gasteiger partial charge in [-0.1, -0.05) is 22.3 Å². The zero-order valence-electron chi connectivity index (χ0n) is 57.5. The fourth-order valence-electron chi connectivity index (χ4n) is 9.34. The van der Waals surface area contributed by atoms with Crippen LogP contribution in [-0.2, 0) is 51.4 Å². The SMILES string of the molecule is C.C.C.CCOP(=O)(CCCN)OCC.CCOP(=O)(CCCNC(=O)c1ccc(N(C)Cc2cnc3nc(N)nc(N)c3n2)cc1)OCC.CN(Cc1cnc2nc(N)nc(N)c2n1)c1ccc(C(=O)NCCCP(=O)(O)O)cc1.CN(Cc1cnc2nc(N)nc(N)c2n1)c1ccc(C(=O)O)cc1. The molecule has 37 nitrogen and oxygen atoms in total. The first kappa shape index (κ1) is 89.2. The number of carbonyl (C=O) groups is 3. The van der Waals surface area contributed by atoms with Crippen molar-refractivity contribution in [2.24, 2.45) is 5.73 Å². The van der Waals surface area contributed by atoms with Crippen LogP contribution in [-0.4, -0.2) is 178 Å². The predicted molar refractivity (Wildman–Crippen MR) is 411 cm³/mol. The molecule has 6 heterocycles. The van der Waals surface area contributed by atoms with Crippen molar-refractivity contribution in [2.45, 2.75) is 88.9 Å². The number of nitrogens with two attached hydrogens (primary N) is 7. The van der Waals surface area contributed by atoms with E-state index < -0.39 is 28.8 Å². The Morgan fingerprint density at radius 2 is 0.724 bits per heavy atom. The highest BCUT2D eigenvalue weighted by molar-refractivity contribution is 7.54. The number of aromatic nitrogens is 12. The highest BCUT2D eigenvalue weighted by Gasteiger charge is 2.24. The fourth-order valence-corrected chi connectivity index (χ4v) is 13.3. The molecule has 9 aromatic rings. The number of amides is 2. The Bertz CT molecular complexity index is 4400. The molecule has 0 aliphatic rings. The summed E-state index contributed by atoms with van der Waals surface area (Å²) in [5.74, 6) is -0.817. The number of aromatic carboxylic acids is 1. The quantitative estimate of drug-likeness (QED) is 0.0147. The van der Waals surface area contributed by atoms with Crippen LogP contribution >= 0.6 is 22.8 Å². The van der Waals surface area contributed by atoms with Gasteiger partial charge < -0.3 is 98.5 Å². The van der Waals surface area contributed by atoms with Gasteiger partial charge in [0.15, 0.2) is 50.9 Å². The van der Waals surface area contributed by atoms with Crippen molar-refractivity contribution in [3.05, 3.63) is 125 Å². The van der Waals surface area contributed by atoms with Gasteiger partial charge in [-0.25, -0.2) is 34.7 Å². The number of fused-ring (bicyclic) bond motifs is 3. The Hall–Kier alpha value is -10.1. The van der Waals surface area contributed by atoms with E-state index in [2.05, 4.69) is 70.4 Å². The molecule has 2 amide bonds. The van der Waals surface area contributed by atoms with Crippen molar-refractivity contribution in [2.75, 3.05) is 135 Å². The zero-order chi connectivity index (χ0) is 74.7. The lowest BCUT2D eigenvalue weighted by Crippen LogP contribution is -2.25. The van der Waals surface area contributed by atoms with Gasteiger partial charge in [0.25, 0.3) is 11.8 Å². The molecule has 0 radical (unpaired) electrons. The second kappa shape index (κ2) is 42.6. The van der Waals surface area contributed by atoms with Gasteiger partial charge in [0, 0.05) is 62.4 Å². The Kier molecular flexibility index (Phi) is 36.2. The summed E-state index contributed by atoms with van der Waals surface area (Å²) in [6.07, 6.45) is 6.57. The third-order valence-electron chi connectivity index (χ3n) is 14.1. The molecule has 0 aliphatic heterocycles. The molecule has 0 aliphatic carbocycles. The summed E-state index contributed by atoms with van der Waals surface area (Å²) in [6, 6.07) is 20.7. The van der Waals surface area contributed by atoms with Gasteiger partial charge in [-0.05, 0) is 126 Å². The van der Waals surface area contributed by atoms with Gasteiger partial charge in [0.1, 0.15) is 0 Å². The number of carboxylic acid groups (broad SMARTS) is 1. The topological polar surface area (TPSA) is 571 Å². The van der Waals surface area contributed by atoms with Crippen molar-refractivity contribution in [1.29, 1.82) is 0 Å². The van der Waals surface area contributed by atoms with E-state index in [9.17, 15) is 28.1 Å². The molecule has 0 bridgehead atoms. The molecule has 19 N–H and O–H groups in total. The average molecular weight is 1520 g/mol. The third-order valence-corrected chi connectivity index (χ3v) is 19.4. The lowest BCUT2D eigenvalue weighted by atomic mass is 10.2. The third kappa shape index (κ3) is 28.2. The van der Waals surface area contributed by atoms with E-state index in [0.29, 0.717) is 140 Å². The molecular weight excluding hydrogens is 1420 g/mol. The Balaban J connectivity index is 0.000000378. The van der Waals surface area contributed by atoms with E-state index >= 15 is 0 Å². The van der Waals surface area contributed by atoms with Crippen molar-refractivity contribution in [3.63, 3.8) is 0 Å². The first-order valence-electron chi connectivity index (χ1n) is 31.9. The Labute approximate surface area is 609 Å². The molecule has 0 atom stereocenters. The monoisotopic (exact) mass is 1520 g/mol. The standard InChI is InChI=1S/C22H31N8O4P.C18H23N8O4P.C15H15N7O2.C7H18NO3P.3CH4/c1-4-33-35(32,34-5-2)12-6-11-25-21(31)15-7-9-17(10-8-15)30(3)14-16-13-26-20-18(27-16)19(23)28-22(24)29-20;1-26(10-12-9-22-16-14(23-12)15(19)24-18(20)25-16)13-5-3-11(4-6-13)17(27)21-7-2-8-31(28,29)30;1-22(10-4-2-8(3-5-10)14(23)24)7-9-6-18-13-11(19-9)12(16)20-15(17)21-13;1-3-10-12(9,11-4-2)7-5-6-8;;;/h7-10,13H,4-6,11-12,14H2,1-3H3,(H,25,31)(H4,23,24,26,28,29);3-6,9H,2,7-8,10H2,1H3,(H,21,27)(H2,28,29,30)(H4,19,20,22,24,25);2-6H,7H2,1H3,(H,23,24)(H4,16,17,18,20,21);3-8H2,1-2H3;3*1H4. The summed E-state index contributed by atoms with van der Waals surface area (Å²) in [5, 5.41) is 14.4. The van der Waals surface area contributed by atoms with Crippen LogP contribution in [0.1, 0.15) is 117 Å². The maximum Gasteiger partial charge on any atom is 0.335 e. The molecule has 0 unspecified atom stereocenters. The highest BCUT2D eigenvalue weighted by atomic mass is 31.2. The number of carboxylic acids is 1. The summed E-state index contributed by atoms with van der Waals surface area (Å²) in [7, 11) is -4.33. The molecule has 0 fully saturated rings. The number of hydrogen-bond donors (Lipinski definition) is 12. The normalized spacial score (nSPS) is 11.0. The number of rotatable bonds is 31. The maximum atomic E-state index is 12.5. The minimum atomic E-state index is -4.05. The van der Waals surface area contributed by atoms with E-state index in [-0.39, 0.29) is 100 Å². The van der Waals surface area contributed by atoms with Gasteiger partial charge >= 0.3 is 28.8 Å². The van der Waals surface area contributed by atoms with E-state index in [1.54, 1.807) is 107 Å². The fraction of sp³-hybridized carbons (Fsp3) is 0.400. The first-order chi connectivity index (χ1) is 48.5. The summed E-state index contributed by atoms with van der Waals surface area (Å²) in [4.78, 5) is 109. The highest BCUT2D eigenvalue weighted by Crippen LogP contribution is 2.49. The minimum absolute atomic E-state index is 0. The summed E-state index contributed by atoms with van der Waals surface area (Å²) in [6.45, 7) is 11.0. The van der Waals surface area contributed by atoms with Crippen LogP contribution in [0.2, 0.25) is 0 Å². The summed E-state index contributed by atoms with van der Waals surface area (Å²) >= 11 is 0. The van der Waals surface area contributed by atoms with Crippen LogP contribution in [0.25, 0.3) is 33.5 Å². The van der Waals surface area contributed by atoms with E-state index in [0.717, 1.165) is 17.1 Å². The van der Waals surface area contributed by atoms with E-state index in [4.69, 9.17) is 73.1 Å². The van der Waals surface area contributed by atoms with Crippen molar-refractivity contribution in [1.82, 2.24) is 70.4 Å². The van der Waals surface area contributed by atoms with Crippen LogP contribution in [0.15, 0.2) is 91.4 Å². The maximum absolute atomic E-state index is 12.5. The molecule has 105 heavy (non-hydrogen) atoms. The number of anilines is 9. The van der Waals surface area contributed by atoms with Crippen molar-refractivity contribution >= 4 is 126 Å². The molecule has 0 saturated heterocycles. The largest absolute Gasteiger partial charge is 0.478 e. The number of nitrogens with zero attached hydrogens (tertiary/aromatic N) is 15. The molecule has 572 valence electrons. The van der Waals surface area contributed by atoms with Crippen LogP contribution < -0.4 is 65.5 Å². The molecular formula is C65H99N24O13P3. The molecule has 0 spiro atoms. The van der Waals surface area contributed by atoms with Gasteiger partial charge in [-0.15, -0.1) is 0 Å². The lowest BCUT2D eigenvalue weighted by molar-refractivity contribution is 0.0696. The Morgan fingerprint density at radius 1 is 0.438 bits per heavy atom. The van der Waals surface area contributed by atoms with E-state index in [1.807, 2.05) is 48.0 Å². The van der Waals surface area contributed by atoms with Gasteiger partial charge in [0.2, 0.25) is 17.8 Å². The summed E-state index contributed by atoms with van der Waals surface area (Å²) in [5.41, 5.74) is 47.5. The minimum Gasteiger partial charge on any atom is -0.478 e. The number of carbonyl (C=O) groups excluding carboxylic acids is 2. The van der Waals surface area contributed by atoms with Crippen molar-refractivity contribution in [3.8, 4) is 0 Å². The predicted octanol–water partition coefficient (Wildman–Crippen LogP) is 7.55. The number of hydrogen-bond acceptors (Lipinski definition) is 32. The van der Waals surface area contributed by atoms with Crippen LogP contribution in [0, 0.1) is 0 Å². The first-order valence-corrected chi connectivity index (χ1v) is 37.1. The lowest BCUT2D eigenvalue weighted by Gasteiger charge is -2.19. The molecule has 6 aromatic heterocycles. The molecule has 3 aromatic carbocycles. The van der Waals surface area contributed by atoms with Crippen LogP contribution in [0.4, 0.5) is 52.4 Å². The van der Waals surface area contributed by atoms with Gasteiger partial charge in [0.05, 0.1) is 106 Å². The molecule has 40 heteroatoms. The molecule has 0 saturated carbocycles. The second-order valence-electron chi connectivity index (χ2n) is 22.1. The Morgan fingerprint density at radius 3 is 1.00 bits per heavy atom. The smallest absolute Gasteiger partial charge is 0.335 e. The number of benzene rings is 3. The average Bonchev–Trinajstić information content (AvgIpc) is 0.817. The summed E-state index contributed by atoms with van der Waals surface area (Å²) < 4.78 is 55.6. The molecule has 9 rings (SSSR count). The number of nitrogens with one attached hydrogen (secondary N) is 2.